The van der Waals surface area contributed by atoms with Gasteiger partial charge in [-0.25, -0.2) is 0 Å². The largest absolute Gasteiger partial charge is 0.382 e. The second kappa shape index (κ2) is 3.56. The summed E-state index contributed by atoms with van der Waals surface area (Å²) in [6.07, 6.45) is 0.965. The van der Waals surface area contributed by atoms with E-state index in [1.807, 2.05) is 6.07 Å². The number of benzene rings is 1. The smallest absolute Gasteiger partial charge is 0.148 e. The summed E-state index contributed by atoms with van der Waals surface area (Å²) in [5.74, 6) is 0.655. The van der Waals surface area contributed by atoms with Crippen LogP contribution in [-0.2, 0) is 13.0 Å². The average Bonchev–Trinajstić information content (AvgIpc) is 2.72. The van der Waals surface area contributed by atoms with Crippen molar-refractivity contribution in [2.45, 2.75) is 13.0 Å². The lowest BCUT2D eigenvalue weighted by Crippen LogP contribution is -2.30. The Kier molecular flexibility index (Phi) is 2.06. The van der Waals surface area contributed by atoms with Crippen molar-refractivity contribution in [1.29, 1.82) is 0 Å². The maximum atomic E-state index is 5.78. The van der Waals surface area contributed by atoms with E-state index < -0.39 is 0 Å². The first-order valence-electron chi connectivity index (χ1n) is 5.46. The molecule has 3 N–H and O–H groups in total. The summed E-state index contributed by atoms with van der Waals surface area (Å²) < 4.78 is 0. The van der Waals surface area contributed by atoms with E-state index in [9.17, 15) is 0 Å². The standard InChI is InChI=1S/C12H14N4/c13-12-10-6-7-16(8-11(10)14-15-12)9-4-2-1-3-5-9/h1-5H,6-8H2,(H3,13,14,15). The molecule has 2 heterocycles. The van der Waals surface area contributed by atoms with Crippen molar-refractivity contribution in [2.24, 2.45) is 0 Å². The van der Waals surface area contributed by atoms with E-state index in [1.54, 1.807) is 0 Å². The van der Waals surface area contributed by atoms with Gasteiger partial charge < -0.3 is 10.6 Å². The maximum Gasteiger partial charge on any atom is 0.148 e. The lowest BCUT2D eigenvalue weighted by molar-refractivity contribution is 0.718. The zero-order valence-corrected chi connectivity index (χ0v) is 8.98. The predicted molar refractivity (Wildman–Crippen MR) is 64.2 cm³/mol. The van der Waals surface area contributed by atoms with Crippen LogP contribution < -0.4 is 10.6 Å². The summed E-state index contributed by atoms with van der Waals surface area (Å²) in [5.41, 5.74) is 9.37. The number of hydrogen-bond donors (Lipinski definition) is 2. The number of aromatic amines is 1. The van der Waals surface area contributed by atoms with Crippen LogP contribution in [-0.4, -0.2) is 16.7 Å². The molecule has 0 spiro atoms. The van der Waals surface area contributed by atoms with Crippen LogP contribution in [0.1, 0.15) is 11.3 Å². The minimum Gasteiger partial charge on any atom is -0.382 e. The van der Waals surface area contributed by atoms with Crippen molar-refractivity contribution in [3.05, 3.63) is 41.6 Å². The molecule has 0 bridgehead atoms. The number of rotatable bonds is 1. The van der Waals surface area contributed by atoms with Gasteiger partial charge in [0.05, 0.1) is 12.2 Å². The number of nitrogen functional groups attached to an aromatic ring is 1. The molecule has 1 aliphatic heterocycles. The quantitative estimate of drug-likeness (QED) is 0.757. The van der Waals surface area contributed by atoms with Gasteiger partial charge in [-0.15, -0.1) is 0 Å². The van der Waals surface area contributed by atoms with Gasteiger partial charge >= 0.3 is 0 Å². The van der Waals surface area contributed by atoms with Crippen molar-refractivity contribution in [3.63, 3.8) is 0 Å². The normalized spacial score (nSPS) is 14.9. The Morgan fingerprint density at radius 2 is 2.06 bits per heavy atom. The number of nitrogens with one attached hydrogen (secondary N) is 1. The predicted octanol–water partition coefficient (Wildman–Crippen LogP) is 1.55. The third-order valence-electron chi connectivity index (χ3n) is 3.09. The SMILES string of the molecule is Nc1n[nH]c2c1CCN(c1ccccc1)C2. The van der Waals surface area contributed by atoms with E-state index >= 15 is 0 Å². The average molecular weight is 214 g/mol. The summed E-state index contributed by atoms with van der Waals surface area (Å²) in [6, 6.07) is 10.4. The number of hydrogen-bond acceptors (Lipinski definition) is 3. The third kappa shape index (κ3) is 1.43. The first kappa shape index (κ1) is 9.27. The molecule has 0 amide bonds. The van der Waals surface area contributed by atoms with Gasteiger partial charge in [0.1, 0.15) is 5.82 Å². The van der Waals surface area contributed by atoms with Crippen LogP contribution in [0.2, 0.25) is 0 Å². The molecule has 2 aromatic rings. The Hall–Kier alpha value is -1.97. The molecule has 4 nitrogen and oxygen atoms in total. The van der Waals surface area contributed by atoms with E-state index in [-0.39, 0.29) is 0 Å². The highest BCUT2D eigenvalue weighted by atomic mass is 15.2. The highest BCUT2D eigenvalue weighted by Gasteiger charge is 2.20. The Balaban J connectivity index is 1.89. The Labute approximate surface area is 94.1 Å². The molecule has 0 saturated carbocycles. The zero-order chi connectivity index (χ0) is 11.0. The number of nitrogens with zero attached hydrogens (tertiary/aromatic N) is 2. The fourth-order valence-corrected chi connectivity index (χ4v) is 2.20. The number of anilines is 2. The van der Waals surface area contributed by atoms with Crippen molar-refractivity contribution < 1.29 is 0 Å². The fraction of sp³-hybridized carbons (Fsp3) is 0.250. The number of fused-ring (bicyclic) bond motifs is 1. The lowest BCUT2D eigenvalue weighted by Gasteiger charge is -2.28. The molecule has 0 radical (unpaired) electrons. The van der Waals surface area contributed by atoms with E-state index in [1.165, 1.54) is 11.3 Å². The van der Waals surface area contributed by atoms with E-state index in [0.29, 0.717) is 5.82 Å². The van der Waals surface area contributed by atoms with E-state index in [0.717, 1.165) is 25.2 Å². The summed E-state index contributed by atoms with van der Waals surface area (Å²) in [6.45, 7) is 1.87. The molecule has 3 rings (SSSR count). The number of nitrogens with two attached hydrogens (primary N) is 1. The minimum atomic E-state index is 0.655. The number of aromatic nitrogens is 2. The van der Waals surface area contributed by atoms with Crippen LogP contribution in [0.25, 0.3) is 0 Å². The molecule has 0 unspecified atom stereocenters. The molecule has 1 aliphatic rings. The van der Waals surface area contributed by atoms with E-state index in [2.05, 4.69) is 39.4 Å². The van der Waals surface area contributed by atoms with Gasteiger partial charge in [-0.05, 0) is 18.6 Å². The van der Waals surface area contributed by atoms with Gasteiger partial charge in [0.2, 0.25) is 0 Å². The Bertz CT molecular complexity index is 489. The molecular formula is C12H14N4. The maximum absolute atomic E-state index is 5.78. The monoisotopic (exact) mass is 214 g/mol. The zero-order valence-electron chi connectivity index (χ0n) is 8.98. The van der Waals surface area contributed by atoms with Gasteiger partial charge in [0.15, 0.2) is 0 Å². The van der Waals surface area contributed by atoms with Crippen molar-refractivity contribution in [2.75, 3.05) is 17.2 Å². The molecule has 4 heteroatoms. The summed E-state index contributed by atoms with van der Waals surface area (Å²) in [5, 5.41) is 7.06. The molecule has 16 heavy (non-hydrogen) atoms. The Morgan fingerprint density at radius 3 is 2.88 bits per heavy atom. The van der Waals surface area contributed by atoms with E-state index in [4.69, 9.17) is 5.73 Å². The first-order valence-corrected chi connectivity index (χ1v) is 5.46. The van der Waals surface area contributed by atoms with Crippen LogP contribution in [0.4, 0.5) is 11.5 Å². The van der Waals surface area contributed by atoms with Crippen LogP contribution in [0, 0.1) is 0 Å². The first-order chi connectivity index (χ1) is 7.84. The highest BCUT2D eigenvalue weighted by molar-refractivity contribution is 5.51. The summed E-state index contributed by atoms with van der Waals surface area (Å²) in [4.78, 5) is 2.33. The molecular weight excluding hydrogens is 200 g/mol. The van der Waals surface area contributed by atoms with Crippen molar-refractivity contribution >= 4 is 11.5 Å². The van der Waals surface area contributed by atoms with Crippen LogP contribution in [0.15, 0.2) is 30.3 Å². The molecule has 0 atom stereocenters. The number of H-pyrrole nitrogens is 1. The van der Waals surface area contributed by atoms with Gasteiger partial charge in [0, 0.05) is 17.8 Å². The lowest BCUT2D eigenvalue weighted by atomic mass is 10.1. The highest BCUT2D eigenvalue weighted by Crippen LogP contribution is 2.25. The van der Waals surface area contributed by atoms with Gasteiger partial charge in [-0.1, -0.05) is 18.2 Å². The topological polar surface area (TPSA) is 57.9 Å². The van der Waals surface area contributed by atoms with Crippen molar-refractivity contribution in [1.82, 2.24) is 10.2 Å². The second-order valence-corrected chi connectivity index (χ2v) is 4.07. The summed E-state index contributed by atoms with van der Waals surface area (Å²) in [7, 11) is 0. The molecule has 82 valence electrons. The molecule has 0 saturated heterocycles. The van der Waals surface area contributed by atoms with Crippen molar-refractivity contribution in [3.8, 4) is 0 Å². The third-order valence-corrected chi connectivity index (χ3v) is 3.09. The molecule has 1 aromatic heterocycles. The van der Waals surface area contributed by atoms with Crippen LogP contribution in [0.3, 0.4) is 0 Å². The van der Waals surface area contributed by atoms with Gasteiger partial charge in [-0.3, -0.25) is 5.10 Å². The second-order valence-electron chi connectivity index (χ2n) is 4.07. The Morgan fingerprint density at radius 1 is 1.25 bits per heavy atom. The summed E-state index contributed by atoms with van der Waals surface area (Å²) >= 11 is 0. The number of para-hydroxylation sites is 1. The minimum absolute atomic E-state index is 0.655. The van der Waals surface area contributed by atoms with Crippen LogP contribution >= 0.6 is 0 Å². The van der Waals surface area contributed by atoms with Gasteiger partial charge in [-0.2, -0.15) is 5.10 Å². The molecule has 1 aromatic carbocycles. The van der Waals surface area contributed by atoms with Gasteiger partial charge in [0.25, 0.3) is 0 Å². The molecule has 0 aliphatic carbocycles. The fourth-order valence-electron chi connectivity index (χ4n) is 2.20. The molecule has 0 fully saturated rings. The van der Waals surface area contributed by atoms with Crippen LogP contribution in [0.5, 0.6) is 0 Å².